The second kappa shape index (κ2) is 7.33. The first-order valence-electron chi connectivity index (χ1n) is 8.78. The number of amides is 1. The summed E-state index contributed by atoms with van der Waals surface area (Å²) in [5.41, 5.74) is 7.65. The number of hydrogen-bond acceptors (Lipinski definition) is 6. The molecule has 3 aromatic heterocycles. The number of alkyl halides is 2. The molecule has 0 aliphatic heterocycles. The standard InChI is InChI=1S/C18H15ClF2N6OS/c19-15-13(10-8-24-27-5-3-9(7-22)6-12(10)27)25-17(29-15)16(28)26-14-11(23)2-1-4-18(14,20)21/h3,5-6,8,11,14H,1-2,4,23H2,(H,26,28)/t11-,14+/m0/s1. The number of halogens is 3. The highest BCUT2D eigenvalue weighted by Gasteiger charge is 2.46. The molecule has 0 aromatic carbocycles. The number of aromatic nitrogens is 3. The maximum Gasteiger partial charge on any atom is 0.280 e. The molecular weight excluding hydrogens is 422 g/mol. The molecule has 3 aromatic rings. The number of nitrogens with zero attached hydrogens (tertiary/aromatic N) is 4. The summed E-state index contributed by atoms with van der Waals surface area (Å²) in [4.78, 5) is 16.8. The SMILES string of the molecule is N#Cc1ccn2ncc(-c3nc(C(=O)N[C@@H]4[C@@H](N)CCCC4(F)F)sc3Cl)c2c1. The Labute approximate surface area is 173 Å². The normalized spacial score (nSPS) is 21.1. The summed E-state index contributed by atoms with van der Waals surface area (Å²) in [5.74, 6) is -3.83. The highest BCUT2D eigenvalue weighted by molar-refractivity contribution is 7.18. The molecule has 7 nitrogen and oxygen atoms in total. The Kier molecular flexibility index (Phi) is 4.98. The first-order chi connectivity index (χ1) is 13.8. The number of carbonyl (C=O) groups excluding carboxylic acids is 1. The van der Waals surface area contributed by atoms with Crippen molar-refractivity contribution in [3.8, 4) is 17.3 Å². The van der Waals surface area contributed by atoms with Crippen molar-refractivity contribution in [3.05, 3.63) is 39.4 Å². The largest absolute Gasteiger partial charge is 0.340 e. The van der Waals surface area contributed by atoms with E-state index in [1.165, 1.54) is 6.20 Å². The van der Waals surface area contributed by atoms with Gasteiger partial charge in [-0.05, 0) is 25.0 Å². The molecule has 1 fully saturated rings. The Morgan fingerprint density at radius 3 is 3.03 bits per heavy atom. The molecule has 1 aliphatic carbocycles. The average Bonchev–Trinajstić information content (AvgIpc) is 3.27. The second-order valence-electron chi connectivity index (χ2n) is 6.82. The third-order valence-electron chi connectivity index (χ3n) is 4.90. The van der Waals surface area contributed by atoms with Gasteiger partial charge in [-0.1, -0.05) is 22.9 Å². The van der Waals surface area contributed by atoms with Crippen molar-refractivity contribution in [3.63, 3.8) is 0 Å². The van der Waals surface area contributed by atoms with Gasteiger partial charge in [-0.25, -0.2) is 18.3 Å². The maximum atomic E-state index is 14.2. The highest BCUT2D eigenvalue weighted by Crippen LogP contribution is 2.36. The number of carbonyl (C=O) groups is 1. The maximum absolute atomic E-state index is 14.2. The van der Waals surface area contributed by atoms with Gasteiger partial charge in [0.05, 0.1) is 23.3 Å². The zero-order valence-corrected chi connectivity index (χ0v) is 16.5. The van der Waals surface area contributed by atoms with Gasteiger partial charge in [0, 0.05) is 24.2 Å². The van der Waals surface area contributed by atoms with Crippen LogP contribution in [-0.4, -0.2) is 38.5 Å². The van der Waals surface area contributed by atoms with Crippen molar-refractivity contribution in [2.75, 3.05) is 0 Å². The molecule has 3 N–H and O–H groups in total. The highest BCUT2D eigenvalue weighted by atomic mass is 35.5. The van der Waals surface area contributed by atoms with E-state index in [2.05, 4.69) is 15.4 Å². The van der Waals surface area contributed by atoms with E-state index in [1.807, 2.05) is 6.07 Å². The number of pyridine rings is 1. The second-order valence-corrected chi connectivity index (χ2v) is 8.43. The lowest BCUT2D eigenvalue weighted by atomic mass is 9.87. The number of nitrogens with one attached hydrogen (secondary N) is 1. The van der Waals surface area contributed by atoms with Gasteiger partial charge < -0.3 is 11.1 Å². The van der Waals surface area contributed by atoms with Crippen LogP contribution < -0.4 is 11.1 Å². The molecule has 2 atom stereocenters. The smallest absolute Gasteiger partial charge is 0.280 e. The van der Waals surface area contributed by atoms with Crippen molar-refractivity contribution >= 4 is 34.4 Å². The van der Waals surface area contributed by atoms with Gasteiger partial charge >= 0.3 is 0 Å². The van der Waals surface area contributed by atoms with E-state index < -0.39 is 23.9 Å². The fourth-order valence-corrected chi connectivity index (χ4v) is 4.50. The monoisotopic (exact) mass is 436 g/mol. The lowest BCUT2D eigenvalue weighted by Gasteiger charge is -2.36. The van der Waals surface area contributed by atoms with Crippen molar-refractivity contribution in [2.45, 2.75) is 37.3 Å². The van der Waals surface area contributed by atoms with Crippen molar-refractivity contribution in [1.29, 1.82) is 5.26 Å². The topological polar surface area (TPSA) is 109 Å². The number of thiazole rings is 1. The predicted molar refractivity (Wildman–Crippen MR) is 104 cm³/mol. The summed E-state index contributed by atoms with van der Waals surface area (Å²) in [6.45, 7) is 0. The average molecular weight is 437 g/mol. The Balaban J connectivity index is 1.65. The number of hydrogen-bond donors (Lipinski definition) is 2. The number of nitriles is 1. The first kappa shape index (κ1) is 19.7. The summed E-state index contributed by atoms with van der Waals surface area (Å²) in [6.07, 6.45) is 3.54. The molecule has 1 saturated carbocycles. The summed E-state index contributed by atoms with van der Waals surface area (Å²) in [6, 6.07) is 2.99. The fourth-order valence-electron chi connectivity index (χ4n) is 3.42. The van der Waals surface area contributed by atoms with E-state index in [0.717, 1.165) is 11.3 Å². The van der Waals surface area contributed by atoms with E-state index in [9.17, 15) is 13.6 Å². The minimum absolute atomic E-state index is 0.0469. The molecule has 0 bridgehead atoms. The molecular formula is C18H15ClF2N6OS. The van der Waals surface area contributed by atoms with Crippen molar-refractivity contribution in [1.82, 2.24) is 19.9 Å². The van der Waals surface area contributed by atoms with E-state index in [-0.39, 0.29) is 15.8 Å². The zero-order valence-electron chi connectivity index (χ0n) is 14.9. The van der Waals surface area contributed by atoms with Crippen LogP contribution in [-0.2, 0) is 0 Å². The molecule has 11 heteroatoms. The van der Waals surface area contributed by atoms with Gasteiger partial charge in [-0.3, -0.25) is 4.79 Å². The summed E-state index contributed by atoms with van der Waals surface area (Å²) in [7, 11) is 0. The van der Waals surface area contributed by atoms with Crippen LogP contribution in [0.2, 0.25) is 4.34 Å². The molecule has 1 amide bonds. The van der Waals surface area contributed by atoms with Gasteiger partial charge in [0.15, 0.2) is 5.01 Å². The molecule has 150 valence electrons. The van der Waals surface area contributed by atoms with Gasteiger partial charge in [-0.2, -0.15) is 10.4 Å². The van der Waals surface area contributed by atoms with Crippen LogP contribution in [0.15, 0.2) is 24.5 Å². The molecule has 3 heterocycles. The Hall–Kier alpha value is -2.61. The fraction of sp³-hybridized carbons (Fsp3) is 0.333. The first-order valence-corrected chi connectivity index (χ1v) is 9.98. The number of fused-ring (bicyclic) bond motifs is 1. The van der Waals surface area contributed by atoms with E-state index in [4.69, 9.17) is 22.6 Å². The van der Waals surface area contributed by atoms with Gasteiger partial charge in [0.1, 0.15) is 16.1 Å². The molecule has 0 saturated heterocycles. The van der Waals surface area contributed by atoms with Crippen LogP contribution in [0.3, 0.4) is 0 Å². The summed E-state index contributed by atoms with van der Waals surface area (Å²) in [5, 5.41) is 15.6. The third-order valence-corrected chi connectivity index (χ3v) is 6.16. The van der Waals surface area contributed by atoms with E-state index in [0.29, 0.717) is 35.2 Å². The predicted octanol–water partition coefficient (Wildman–Crippen LogP) is 3.23. The van der Waals surface area contributed by atoms with Crippen LogP contribution in [0.25, 0.3) is 16.8 Å². The molecule has 4 rings (SSSR count). The van der Waals surface area contributed by atoms with Gasteiger partial charge in [0.25, 0.3) is 11.8 Å². The molecule has 1 aliphatic rings. The summed E-state index contributed by atoms with van der Waals surface area (Å²) >= 11 is 7.17. The lowest BCUT2D eigenvalue weighted by Crippen LogP contribution is -2.59. The molecule has 0 unspecified atom stereocenters. The van der Waals surface area contributed by atoms with Gasteiger partial charge in [0.2, 0.25) is 0 Å². The number of rotatable bonds is 3. The molecule has 0 spiro atoms. The molecule has 29 heavy (non-hydrogen) atoms. The minimum atomic E-state index is -3.08. The van der Waals surface area contributed by atoms with Crippen molar-refractivity contribution < 1.29 is 13.6 Å². The lowest BCUT2D eigenvalue weighted by molar-refractivity contribution is -0.0674. The minimum Gasteiger partial charge on any atom is -0.340 e. The van der Waals surface area contributed by atoms with Crippen LogP contribution in [0.4, 0.5) is 8.78 Å². The summed E-state index contributed by atoms with van der Waals surface area (Å²) < 4.78 is 30.1. The van der Waals surface area contributed by atoms with Crippen LogP contribution in [0.5, 0.6) is 0 Å². The Morgan fingerprint density at radius 2 is 2.31 bits per heavy atom. The number of nitrogens with two attached hydrogens (primary N) is 1. The Bertz CT molecular complexity index is 1140. The van der Waals surface area contributed by atoms with Crippen LogP contribution in [0, 0.1) is 11.3 Å². The van der Waals surface area contributed by atoms with E-state index in [1.54, 1.807) is 22.8 Å². The quantitative estimate of drug-likeness (QED) is 0.655. The van der Waals surface area contributed by atoms with Gasteiger partial charge in [-0.15, -0.1) is 0 Å². The van der Waals surface area contributed by atoms with E-state index >= 15 is 0 Å². The molecule has 0 radical (unpaired) electrons. The van der Waals surface area contributed by atoms with Crippen molar-refractivity contribution in [2.24, 2.45) is 5.73 Å². The zero-order chi connectivity index (χ0) is 20.8. The Morgan fingerprint density at radius 1 is 1.52 bits per heavy atom. The van der Waals surface area contributed by atoms with Crippen LogP contribution >= 0.6 is 22.9 Å². The third kappa shape index (κ3) is 3.57. The van der Waals surface area contributed by atoms with Crippen LogP contribution in [0.1, 0.15) is 34.6 Å².